The van der Waals surface area contributed by atoms with Crippen LogP contribution < -0.4 is 5.32 Å². The lowest BCUT2D eigenvalue weighted by molar-refractivity contribution is -0.340. The summed E-state index contributed by atoms with van der Waals surface area (Å²) in [6, 6.07) is -0.285. The number of sulfonamides is 1. The third-order valence-electron chi connectivity index (χ3n) is 6.04. The second-order valence-corrected chi connectivity index (χ2v) is 12.0. The Labute approximate surface area is 217 Å². The molecule has 0 bridgehead atoms. The normalized spacial score (nSPS) is 20.8. The monoisotopic (exact) mass is 592 g/mol. The Kier molecular flexibility index (Phi) is 8.19. The van der Waals surface area contributed by atoms with Crippen molar-refractivity contribution in [1.82, 2.24) is 24.2 Å². The molecule has 2 aliphatic heterocycles. The Balaban J connectivity index is 1.52. The van der Waals surface area contributed by atoms with E-state index in [4.69, 9.17) is 0 Å². The maximum absolute atomic E-state index is 14.7. The average Bonchev–Trinajstić information content (AvgIpc) is 3.40. The number of thiazole rings is 1. The van der Waals surface area contributed by atoms with Crippen LogP contribution in [0.5, 0.6) is 0 Å². The molecule has 0 aliphatic carbocycles. The van der Waals surface area contributed by atoms with Crippen molar-refractivity contribution in [2.75, 3.05) is 37.8 Å². The van der Waals surface area contributed by atoms with Crippen LogP contribution in [-0.2, 0) is 27.5 Å². The van der Waals surface area contributed by atoms with Gasteiger partial charge in [-0.1, -0.05) is 0 Å². The second kappa shape index (κ2) is 10.8. The lowest BCUT2D eigenvalue weighted by Crippen LogP contribution is -2.42. The zero-order valence-corrected chi connectivity index (χ0v) is 21.4. The molecule has 2 fully saturated rings. The van der Waals surface area contributed by atoms with E-state index >= 15 is 0 Å². The average molecular weight is 593 g/mol. The Bertz CT molecular complexity index is 1250. The highest BCUT2D eigenvalue weighted by atomic mass is 32.2. The van der Waals surface area contributed by atoms with Gasteiger partial charge in [-0.25, -0.2) is 32.1 Å². The minimum Gasteiger partial charge on any atom is -0.351 e. The molecule has 38 heavy (non-hydrogen) atoms. The molecule has 0 amide bonds. The molecule has 0 spiro atoms. The molecule has 2 aromatic heterocycles. The van der Waals surface area contributed by atoms with Gasteiger partial charge in [0, 0.05) is 32.2 Å². The Morgan fingerprint density at radius 1 is 1.11 bits per heavy atom. The first kappa shape index (κ1) is 28.8. The first-order chi connectivity index (χ1) is 17.6. The molecule has 1 N–H and O–H groups in total. The van der Waals surface area contributed by atoms with E-state index in [0.717, 1.165) is 12.5 Å². The summed E-state index contributed by atoms with van der Waals surface area (Å²) in [4.78, 5) is 12.3. The summed E-state index contributed by atoms with van der Waals surface area (Å²) >= 11 is 0.545. The number of hydrogen-bond donors (Lipinski definition) is 1. The van der Waals surface area contributed by atoms with Gasteiger partial charge in [0.15, 0.2) is 11.5 Å². The summed E-state index contributed by atoms with van der Waals surface area (Å²) in [5.74, 6) is -1.24. The third-order valence-corrected chi connectivity index (χ3v) is 8.39. The highest BCUT2D eigenvalue weighted by molar-refractivity contribution is 7.88. The molecule has 0 aromatic carbocycles. The lowest BCUT2D eigenvalue weighted by Gasteiger charge is -2.30. The lowest BCUT2D eigenvalue weighted by atomic mass is 10.1. The molecule has 18 heteroatoms. The fourth-order valence-electron chi connectivity index (χ4n) is 4.31. The number of piperidine rings is 1. The van der Waals surface area contributed by atoms with Gasteiger partial charge in [-0.2, -0.15) is 13.2 Å². The van der Waals surface area contributed by atoms with Crippen LogP contribution in [0.3, 0.4) is 0 Å². The van der Waals surface area contributed by atoms with Crippen LogP contribution in [-0.4, -0.2) is 83.5 Å². The number of likely N-dealkylation sites (tertiary alicyclic amines) is 1. The number of nitrogens with zero attached hydrogens (tertiary/aromatic N) is 5. The van der Waals surface area contributed by atoms with E-state index in [0.29, 0.717) is 24.2 Å². The molecular formula is C20H23F7N6O3S2. The van der Waals surface area contributed by atoms with Gasteiger partial charge in [0.05, 0.1) is 30.0 Å². The smallest absolute Gasteiger partial charge is 0.351 e. The number of hydrogen-bond acceptors (Lipinski definition) is 9. The summed E-state index contributed by atoms with van der Waals surface area (Å²) in [6.07, 6.45) is -8.27. The van der Waals surface area contributed by atoms with Gasteiger partial charge in [-0.3, -0.25) is 9.64 Å². The van der Waals surface area contributed by atoms with Gasteiger partial charge in [0.2, 0.25) is 16.0 Å². The summed E-state index contributed by atoms with van der Waals surface area (Å²) in [6.45, 7) is 0.288. The van der Waals surface area contributed by atoms with Crippen LogP contribution in [0.2, 0.25) is 0 Å². The van der Waals surface area contributed by atoms with E-state index in [1.165, 1.54) is 9.21 Å². The first-order valence-corrected chi connectivity index (χ1v) is 14.0. The minimum absolute atomic E-state index is 0.0442. The van der Waals surface area contributed by atoms with Crippen LogP contribution in [0, 0.1) is 5.82 Å². The van der Waals surface area contributed by atoms with Crippen molar-refractivity contribution in [2.24, 2.45) is 0 Å². The third kappa shape index (κ3) is 7.28. The molecule has 2 saturated heterocycles. The predicted molar refractivity (Wildman–Crippen MR) is 122 cm³/mol. The van der Waals surface area contributed by atoms with E-state index in [9.17, 15) is 39.2 Å². The summed E-state index contributed by atoms with van der Waals surface area (Å²) in [5.41, 5.74) is -1.98. The van der Waals surface area contributed by atoms with Crippen molar-refractivity contribution in [3.8, 4) is 10.6 Å². The fourth-order valence-corrected chi connectivity index (χ4v) is 6.30. The van der Waals surface area contributed by atoms with Gasteiger partial charge < -0.3 is 5.32 Å². The molecule has 9 nitrogen and oxygen atoms in total. The van der Waals surface area contributed by atoms with E-state index in [-0.39, 0.29) is 56.1 Å². The van der Waals surface area contributed by atoms with Gasteiger partial charge in [0.25, 0.3) is 0 Å². The molecule has 0 radical (unpaired) electrons. The largest absolute Gasteiger partial charge is 0.522 e. The molecule has 4 rings (SSSR count). The topological polar surface area (TPSA) is 101 Å². The SMILES string of the molecule is CS(=O)(=O)N1CCC(Nc2ncc(F)c(-c3sc(CN4CCC(OC(F)(F)F)C4)nc3C(F)(F)F)n2)CC1. The molecule has 0 saturated carbocycles. The van der Waals surface area contributed by atoms with E-state index in [1.54, 1.807) is 0 Å². The number of ether oxygens (including phenoxy) is 1. The van der Waals surface area contributed by atoms with Crippen LogP contribution in [0.25, 0.3) is 10.6 Å². The quantitative estimate of drug-likeness (QED) is 0.486. The molecule has 2 aliphatic rings. The Hall–Kier alpha value is -2.15. The highest BCUT2D eigenvalue weighted by Crippen LogP contribution is 2.41. The van der Waals surface area contributed by atoms with Crippen LogP contribution >= 0.6 is 11.3 Å². The number of halogens is 7. The van der Waals surface area contributed by atoms with Crippen molar-refractivity contribution in [2.45, 2.75) is 50.5 Å². The predicted octanol–water partition coefficient (Wildman–Crippen LogP) is 3.70. The van der Waals surface area contributed by atoms with E-state index in [2.05, 4.69) is 25.0 Å². The van der Waals surface area contributed by atoms with E-state index < -0.39 is 50.7 Å². The summed E-state index contributed by atoms with van der Waals surface area (Å²) in [5, 5.41) is 2.85. The number of anilines is 1. The van der Waals surface area contributed by atoms with Crippen molar-refractivity contribution in [3.05, 3.63) is 22.7 Å². The second-order valence-electron chi connectivity index (χ2n) is 8.96. The number of alkyl halides is 6. The number of nitrogens with one attached hydrogen (secondary N) is 1. The highest BCUT2D eigenvalue weighted by Gasteiger charge is 2.40. The maximum Gasteiger partial charge on any atom is 0.522 e. The molecule has 2 aromatic rings. The Morgan fingerprint density at radius 2 is 1.79 bits per heavy atom. The summed E-state index contributed by atoms with van der Waals surface area (Å²) < 4.78 is 122. The van der Waals surface area contributed by atoms with Crippen LogP contribution in [0.15, 0.2) is 6.20 Å². The summed E-state index contributed by atoms with van der Waals surface area (Å²) in [7, 11) is -3.35. The van der Waals surface area contributed by atoms with Crippen LogP contribution in [0.1, 0.15) is 30.0 Å². The minimum atomic E-state index is -4.94. The molecule has 212 valence electrons. The van der Waals surface area contributed by atoms with Gasteiger partial charge in [0.1, 0.15) is 10.7 Å². The van der Waals surface area contributed by atoms with Crippen molar-refractivity contribution >= 4 is 27.3 Å². The number of aromatic nitrogens is 3. The molecule has 4 heterocycles. The molecule has 1 unspecified atom stereocenters. The molecule has 1 atom stereocenters. The zero-order chi connectivity index (χ0) is 27.9. The number of rotatable bonds is 7. The van der Waals surface area contributed by atoms with Crippen molar-refractivity contribution in [1.29, 1.82) is 0 Å². The van der Waals surface area contributed by atoms with Gasteiger partial charge >= 0.3 is 12.5 Å². The maximum atomic E-state index is 14.7. The zero-order valence-electron chi connectivity index (χ0n) is 19.8. The molecular weight excluding hydrogens is 569 g/mol. The fraction of sp³-hybridized carbons (Fsp3) is 0.650. The Morgan fingerprint density at radius 3 is 2.39 bits per heavy atom. The first-order valence-electron chi connectivity index (χ1n) is 11.4. The van der Waals surface area contributed by atoms with Crippen molar-refractivity contribution < 1.29 is 43.9 Å². The standard InChI is InChI=1S/C20H23F7N6O3S2/c1-38(34,35)33-6-2-11(3-7-33)29-18-28-8-13(21)15(31-18)16-17(19(22,23)24)30-14(37-16)10-32-5-4-12(9-32)36-20(25,26)27/h8,11-12H,2-7,9-10H2,1H3,(H,28,29,31). The van der Waals surface area contributed by atoms with Gasteiger partial charge in [-0.05, 0) is 19.3 Å². The van der Waals surface area contributed by atoms with E-state index in [1.807, 2.05) is 0 Å². The van der Waals surface area contributed by atoms with Gasteiger partial charge in [-0.15, -0.1) is 24.5 Å². The van der Waals surface area contributed by atoms with Crippen molar-refractivity contribution in [3.63, 3.8) is 0 Å². The van der Waals surface area contributed by atoms with Crippen LogP contribution in [0.4, 0.5) is 36.7 Å².